The summed E-state index contributed by atoms with van der Waals surface area (Å²) >= 11 is 0. The molecule has 2 heteroatoms. The molecule has 1 aliphatic rings. The Balaban J connectivity index is 1.87. The minimum atomic E-state index is 0.676. The van der Waals surface area contributed by atoms with Crippen LogP contribution in [0.15, 0.2) is 35.5 Å². The van der Waals surface area contributed by atoms with Gasteiger partial charge in [0.25, 0.3) is 0 Å². The van der Waals surface area contributed by atoms with Crippen LogP contribution < -0.4 is 0 Å². The van der Waals surface area contributed by atoms with E-state index in [0.717, 1.165) is 25.4 Å². The van der Waals surface area contributed by atoms with Crippen molar-refractivity contribution in [1.29, 1.82) is 0 Å². The van der Waals surface area contributed by atoms with E-state index < -0.39 is 0 Å². The summed E-state index contributed by atoms with van der Waals surface area (Å²) in [6.45, 7) is 7.06. The van der Waals surface area contributed by atoms with Gasteiger partial charge in [0.05, 0.1) is 12.8 Å². The van der Waals surface area contributed by atoms with Gasteiger partial charge in [0.1, 0.15) is 5.76 Å². The van der Waals surface area contributed by atoms with E-state index in [2.05, 4.69) is 17.6 Å². The van der Waals surface area contributed by atoms with Crippen molar-refractivity contribution in [1.82, 2.24) is 4.90 Å². The van der Waals surface area contributed by atoms with Gasteiger partial charge in [0.15, 0.2) is 0 Å². The highest BCUT2D eigenvalue weighted by Gasteiger charge is 2.20. The zero-order chi connectivity index (χ0) is 9.10. The van der Waals surface area contributed by atoms with Crippen molar-refractivity contribution in [3.8, 4) is 0 Å². The third kappa shape index (κ3) is 2.01. The lowest BCUT2D eigenvalue weighted by atomic mass is 10.1. The first-order valence-corrected chi connectivity index (χ1v) is 4.76. The summed E-state index contributed by atoms with van der Waals surface area (Å²) in [4.78, 5) is 2.41. The van der Waals surface area contributed by atoms with Gasteiger partial charge in [0.2, 0.25) is 0 Å². The van der Waals surface area contributed by atoms with Gasteiger partial charge in [-0.1, -0.05) is 6.08 Å². The van der Waals surface area contributed by atoms with E-state index in [9.17, 15) is 0 Å². The Bertz CT molecular complexity index is 266. The van der Waals surface area contributed by atoms with Crippen molar-refractivity contribution >= 4 is 0 Å². The standard InChI is InChI=1S/C11H15NO/c1-2-10-5-6-12(8-10)9-11-4-3-7-13-11/h2-4,7,10H,1,5-6,8-9H2/t10-/m0/s1. The third-order valence-electron chi connectivity index (χ3n) is 2.60. The number of hydrogen-bond donors (Lipinski definition) is 0. The number of rotatable bonds is 3. The highest BCUT2D eigenvalue weighted by atomic mass is 16.3. The molecule has 0 N–H and O–H groups in total. The summed E-state index contributed by atoms with van der Waals surface area (Å²) in [5.74, 6) is 1.74. The molecule has 2 nitrogen and oxygen atoms in total. The lowest BCUT2D eigenvalue weighted by molar-refractivity contribution is 0.292. The van der Waals surface area contributed by atoms with Crippen LogP contribution >= 0.6 is 0 Å². The van der Waals surface area contributed by atoms with E-state index in [4.69, 9.17) is 4.42 Å². The van der Waals surface area contributed by atoms with Gasteiger partial charge in [0, 0.05) is 6.54 Å². The molecule has 1 aromatic heterocycles. The SMILES string of the molecule is C=C[C@H]1CCN(Cc2ccco2)C1. The molecule has 1 atom stereocenters. The van der Waals surface area contributed by atoms with Crippen LogP contribution in [0.25, 0.3) is 0 Å². The summed E-state index contributed by atoms with van der Waals surface area (Å²) in [5.41, 5.74) is 0. The highest BCUT2D eigenvalue weighted by Crippen LogP contribution is 2.19. The summed E-state index contributed by atoms with van der Waals surface area (Å²) in [7, 11) is 0. The molecule has 1 aliphatic heterocycles. The highest BCUT2D eigenvalue weighted by molar-refractivity contribution is 4.99. The number of hydrogen-bond acceptors (Lipinski definition) is 2. The Morgan fingerprint density at radius 2 is 2.62 bits per heavy atom. The molecule has 0 bridgehead atoms. The van der Waals surface area contributed by atoms with E-state index in [1.807, 2.05) is 12.1 Å². The summed E-state index contributed by atoms with van der Waals surface area (Å²) in [6.07, 6.45) is 5.03. The molecule has 0 aliphatic carbocycles. The molecule has 1 saturated heterocycles. The molecule has 0 unspecified atom stereocenters. The Kier molecular flexibility index (Phi) is 2.50. The molecule has 70 valence electrons. The molecule has 2 rings (SSSR count). The van der Waals surface area contributed by atoms with E-state index in [1.54, 1.807) is 6.26 Å². The van der Waals surface area contributed by atoms with Gasteiger partial charge in [-0.05, 0) is 31.0 Å². The summed E-state index contributed by atoms with van der Waals surface area (Å²) in [5, 5.41) is 0. The Hall–Kier alpha value is -1.02. The Morgan fingerprint density at radius 3 is 3.23 bits per heavy atom. The van der Waals surface area contributed by atoms with Crippen LogP contribution in [0, 0.1) is 5.92 Å². The van der Waals surface area contributed by atoms with Crippen LogP contribution in [-0.2, 0) is 6.54 Å². The average Bonchev–Trinajstić information content (AvgIpc) is 2.76. The maximum absolute atomic E-state index is 5.30. The van der Waals surface area contributed by atoms with E-state index in [0.29, 0.717) is 5.92 Å². The van der Waals surface area contributed by atoms with Crippen molar-refractivity contribution in [2.24, 2.45) is 5.92 Å². The van der Waals surface area contributed by atoms with Crippen LogP contribution in [0.4, 0.5) is 0 Å². The Labute approximate surface area is 78.8 Å². The van der Waals surface area contributed by atoms with Crippen LogP contribution in [0.3, 0.4) is 0 Å². The smallest absolute Gasteiger partial charge is 0.117 e. The van der Waals surface area contributed by atoms with Crippen molar-refractivity contribution in [2.75, 3.05) is 13.1 Å². The molecule has 0 amide bonds. The fraction of sp³-hybridized carbons (Fsp3) is 0.455. The van der Waals surface area contributed by atoms with Crippen LogP contribution in [0.2, 0.25) is 0 Å². The molecule has 1 aromatic rings. The van der Waals surface area contributed by atoms with Gasteiger partial charge in [-0.15, -0.1) is 6.58 Å². The molecule has 2 heterocycles. The number of nitrogens with zero attached hydrogens (tertiary/aromatic N) is 1. The molecular weight excluding hydrogens is 162 g/mol. The third-order valence-corrected chi connectivity index (χ3v) is 2.60. The molecular formula is C11H15NO. The lowest BCUT2D eigenvalue weighted by Gasteiger charge is -2.12. The van der Waals surface area contributed by atoms with Crippen LogP contribution in [0.1, 0.15) is 12.2 Å². The maximum atomic E-state index is 5.30. The quantitative estimate of drug-likeness (QED) is 0.659. The van der Waals surface area contributed by atoms with Gasteiger partial charge in [-0.25, -0.2) is 0 Å². The molecule has 0 saturated carbocycles. The van der Waals surface area contributed by atoms with Gasteiger partial charge < -0.3 is 4.42 Å². The predicted molar refractivity (Wildman–Crippen MR) is 52.3 cm³/mol. The van der Waals surface area contributed by atoms with E-state index in [1.165, 1.54) is 6.42 Å². The van der Waals surface area contributed by atoms with Gasteiger partial charge >= 0.3 is 0 Å². The van der Waals surface area contributed by atoms with E-state index in [-0.39, 0.29) is 0 Å². The zero-order valence-electron chi connectivity index (χ0n) is 7.78. The molecule has 0 aromatic carbocycles. The summed E-state index contributed by atoms with van der Waals surface area (Å²) < 4.78 is 5.30. The van der Waals surface area contributed by atoms with Crippen molar-refractivity contribution in [3.05, 3.63) is 36.8 Å². The second-order valence-electron chi connectivity index (χ2n) is 3.60. The van der Waals surface area contributed by atoms with Gasteiger partial charge in [-0.3, -0.25) is 4.90 Å². The fourth-order valence-corrected chi connectivity index (χ4v) is 1.82. The molecule has 13 heavy (non-hydrogen) atoms. The topological polar surface area (TPSA) is 16.4 Å². The van der Waals surface area contributed by atoms with Crippen molar-refractivity contribution < 1.29 is 4.42 Å². The second-order valence-corrected chi connectivity index (χ2v) is 3.60. The minimum Gasteiger partial charge on any atom is -0.468 e. The maximum Gasteiger partial charge on any atom is 0.117 e. The summed E-state index contributed by atoms with van der Waals surface area (Å²) in [6, 6.07) is 3.97. The minimum absolute atomic E-state index is 0.676. The number of furan rings is 1. The first kappa shape index (κ1) is 8.57. The van der Waals surface area contributed by atoms with Crippen molar-refractivity contribution in [2.45, 2.75) is 13.0 Å². The zero-order valence-corrected chi connectivity index (χ0v) is 7.78. The van der Waals surface area contributed by atoms with Crippen LogP contribution in [-0.4, -0.2) is 18.0 Å². The molecule has 0 spiro atoms. The average molecular weight is 177 g/mol. The van der Waals surface area contributed by atoms with E-state index >= 15 is 0 Å². The second kappa shape index (κ2) is 3.79. The largest absolute Gasteiger partial charge is 0.468 e. The van der Waals surface area contributed by atoms with Crippen LogP contribution in [0.5, 0.6) is 0 Å². The fourth-order valence-electron chi connectivity index (χ4n) is 1.82. The first-order valence-electron chi connectivity index (χ1n) is 4.76. The predicted octanol–water partition coefficient (Wildman–Crippen LogP) is 2.29. The normalized spacial score (nSPS) is 23.5. The molecule has 1 fully saturated rings. The first-order chi connectivity index (χ1) is 6.38. The number of likely N-dealkylation sites (tertiary alicyclic amines) is 1. The lowest BCUT2D eigenvalue weighted by Crippen LogP contribution is -2.19. The monoisotopic (exact) mass is 177 g/mol. The van der Waals surface area contributed by atoms with Gasteiger partial charge in [-0.2, -0.15) is 0 Å². The Morgan fingerprint density at radius 1 is 1.69 bits per heavy atom. The van der Waals surface area contributed by atoms with Crippen molar-refractivity contribution in [3.63, 3.8) is 0 Å². The molecule has 0 radical (unpaired) electrons.